The number of carbonyl (C=O) groups is 1. The van der Waals surface area contributed by atoms with E-state index in [0.29, 0.717) is 5.57 Å². The Morgan fingerprint density at radius 2 is 0.689 bits per heavy atom. The molecule has 0 fully saturated rings. The molecule has 0 aromatic heterocycles. The van der Waals surface area contributed by atoms with Gasteiger partial charge in [-0.3, -0.25) is 0 Å². The van der Waals surface area contributed by atoms with Crippen molar-refractivity contribution < 1.29 is 9.90 Å². The number of fused-ring (bicyclic) bond motifs is 3. The standard InChI is InChI=1S/C56H39N3O2/c57-39-54(56(60)61)55-50-35-29-42(23-21-40-25-31-48(32-26-40)58(44-13-5-1-6-14-44)45-15-7-2-8-16-45)37-52(50)53-38-43(30-36-51(53)55)24-22-41-27-33-49(34-28-41)59(46-17-9-3-10-18-46)47-19-11-4-12-20-47/h1-38H,(H,60,61)/b23-21+,24-22+. The lowest BCUT2D eigenvalue weighted by Crippen LogP contribution is -2.09. The van der Waals surface area contributed by atoms with Crippen LogP contribution >= 0.6 is 0 Å². The van der Waals surface area contributed by atoms with Gasteiger partial charge in [-0.05, 0) is 129 Å². The molecule has 0 atom stereocenters. The van der Waals surface area contributed by atoms with Crippen molar-refractivity contribution in [2.24, 2.45) is 0 Å². The van der Waals surface area contributed by atoms with E-state index < -0.39 is 5.97 Å². The maximum absolute atomic E-state index is 12.3. The minimum Gasteiger partial charge on any atom is -0.477 e. The molecular formula is C56H39N3O2. The van der Waals surface area contributed by atoms with E-state index in [9.17, 15) is 15.2 Å². The summed E-state index contributed by atoms with van der Waals surface area (Å²) in [6.07, 6.45) is 8.29. The fourth-order valence-corrected chi connectivity index (χ4v) is 7.89. The lowest BCUT2D eigenvalue weighted by molar-refractivity contribution is -0.132. The highest BCUT2D eigenvalue weighted by molar-refractivity contribution is 6.12. The fraction of sp³-hybridized carbons (Fsp3) is 0. The first-order valence-corrected chi connectivity index (χ1v) is 20.1. The zero-order valence-corrected chi connectivity index (χ0v) is 33.1. The van der Waals surface area contributed by atoms with Crippen LogP contribution in [-0.4, -0.2) is 11.1 Å². The van der Waals surface area contributed by atoms with Gasteiger partial charge in [-0.2, -0.15) is 5.26 Å². The van der Waals surface area contributed by atoms with Gasteiger partial charge in [-0.1, -0.05) is 146 Å². The molecular weight excluding hydrogens is 747 g/mol. The molecule has 0 radical (unpaired) electrons. The summed E-state index contributed by atoms with van der Waals surface area (Å²) in [6.45, 7) is 0. The van der Waals surface area contributed by atoms with Crippen molar-refractivity contribution in [1.29, 1.82) is 5.26 Å². The number of para-hydroxylation sites is 4. The van der Waals surface area contributed by atoms with Crippen LogP contribution in [0.3, 0.4) is 0 Å². The number of rotatable bonds is 11. The number of carboxylic acid groups (broad SMARTS) is 1. The number of nitriles is 1. The Morgan fingerprint density at radius 1 is 0.393 bits per heavy atom. The van der Waals surface area contributed by atoms with E-state index in [2.05, 4.69) is 143 Å². The molecule has 1 N–H and O–H groups in total. The third-order valence-electron chi connectivity index (χ3n) is 10.8. The van der Waals surface area contributed by atoms with Crippen LogP contribution in [0.25, 0.3) is 41.0 Å². The molecule has 1 aliphatic rings. The van der Waals surface area contributed by atoms with Gasteiger partial charge in [0.15, 0.2) is 0 Å². The summed E-state index contributed by atoms with van der Waals surface area (Å²) < 4.78 is 0. The summed E-state index contributed by atoms with van der Waals surface area (Å²) in [5.41, 5.74) is 13.8. The fourth-order valence-electron chi connectivity index (χ4n) is 7.89. The zero-order valence-electron chi connectivity index (χ0n) is 33.1. The Balaban J connectivity index is 0.998. The quantitative estimate of drug-likeness (QED) is 0.0803. The number of hydrogen-bond donors (Lipinski definition) is 1. The summed E-state index contributed by atoms with van der Waals surface area (Å²) in [5.74, 6) is -1.24. The lowest BCUT2D eigenvalue weighted by atomic mass is 9.97. The number of nitrogens with zero attached hydrogens (tertiary/aromatic N) is 3. The molecule has 8 aromatic rings. The minimum atomic E-state index is -1.24. The molecule has 5 heteroatoms. The van der Waals surface area contributed by atoms with Crippen LogP contribution in [0.4, 0.5) is 34.1 Å². The van der Waals surface area contributed by atoms with Crippen molar-refractivity contribution in [3.8, 4) is 17.2 Å². The third kappa shape index (κ3) is 8.03. The molecule has 0 heterocycles. The molecule has 0 amide bonds. The number of aliphatic carboxylic acids is 1. The van der Waals surface area contributed by atoms with E-state index in [-0.39, 0.29) is 5.57 Å². The molecule has 9 rings (SSSR count). The molecule has 0 unspecified atom stereocenters. The van der Waals surface area contributed by atoms with Crippen molar-refractivity contribution in [2.45, 2.75) is 0 Å². The second-order valence-electron chi connectivity index (χ2n) is 14.6. The molecule has 0 spiro atoms. The summed E-state index contributed by atoms with van der Waals surface area (Å²) in [6, 6.07) is 72.1. The highest BCUT2D eigenvalue weighted by Gasteiger charge is 2.29. The molecule has 0 saturated heterocycles. The van der Waals surface area contributed by atoms with Crippen molar-refractivity contribution in [1.82, 2.24) is 0 Å². The Labute approximate surface area is 356 Å². The van der Waals surface area contributed by atoms with Gasteiger partial charge in [-0.15, -0.1) is 0 Å². The first-order valence-electron chi connectivity index (χ1n) is 20.1. The number of benzene rings is 8. The average molecular weight is 786 g/mol. The van der Waals surface area contributed by atoms with E-state index >= 15 is 0 Å². The zero-order chi connectivity index (χ0) is 41.5. The first kappa shape index (κ1) is 38.1. The van der Waals surface area contributed by atoms with Gasteiger partial charge in [0.2, 0.25) is 0 Å². The Bertz CT molecular complexity index is 2700. The summed E-state index contributed by atoms with van der Waals surface area (Å²) in [7, 11) is 0. The van der Waals surface area contributed by atoms with E-state index in [0.717, 1.165) is 78.6 Å². The maximum atomic E-state index is 12.3. The second-order valence-corrected chi connectivity index (χ2v) is 14.6. The molecule has 61 heavy (non-hydrogen) atoms. The second kappa shape index (κ2) is 17.2. The predicted octanol–water partition coefficient (Wildman–Crippen LogP) is 14.4. The molecule has 5 nitrogen and oxygen atoms in total. The van der Waals surface area contributed by atoms with E-state index in [1.165, 1.54) is 0 Å². The van der Waals surface area contributed by atoms with Gasteiger partial charge in [0.05, 0.1) is 0 Å². The molecule has 290 valence electrons. The monoisotopic (exact) mass is 785 g/mol. The normalized spacial score (nSPS) is 11.6. The minimum absolute atomic E-state index is 0.271. The summed E-state index contributed by atoms with van der Waals surface area (Å²) in [4.78, 5) is 16.8. The van der Waals surface area contributed by atoms with Gasteiger partial charge in [0, 0.05) is 39.7 Å². The van der Waals surface area contributed by atoms with Crippen molar-refractivity contribution in [2.75, 3.05) is 9.80 Å². The smallest absolute Gasteiger partial charge is 0.347 e. The van der Waals surface area contributed by atoms with Crippen LogP contribution in [0.1, 0.15) is 33.4 Å². The van der Waals surface area contributed by atoms with Gasteiger partial charge < -0.3 is 14.9 Å². The Morgan fingerprint density at radius 3 is 1.00 bits per heavy atom. The van der Waals surface area contributed by atoms with Gasteiger partial charge >= 0.3 is 5.97 Å². The maximum Gasteiger partial charge on any atom is 0.347 e. The molecule has 0 saturated carbocycles. The van der Waals surface area contributed by atoms with Crippen molar-refractivity contribution in [3.05, 3.63) is 245 Å². The number of hydrogen-bond acceptors (Lipinski definition) is 4. The molecule has 8 aromatic carbocycles. The summed E-state index contributed by atoms with van der Waals surface area (Å²) >= 11 is 0. The Kier molecular flexibility index (Phi) is 10.7. The number of anilines is 6. The van der Waals surface area contributed by atoms with Gasteiger partial charge in [0.25, 0.3) is 0 Å². The van der Waals surface area contributed by atoms with Crippen LogP contribution in [0, 0.1) is 11.3 Å². The molecule has 1 aliphatic carbocycles. The molecule has 0 aliphatic heterocycles. The van der Waals surface area contributed by atoms with Gasteiger partial charge in [0.1, 0.15) is 11.6 Å². The lowest BCUT2D eigenvalue weighted by Gasteiger charge is -2.25. The largest absolute Gasteiger partial charge is 0.477 e. The number of carboxylic acids is 1. The molecule has 0 bridgehead atoms. The third-order valence-corrected chi connectivity index (χ3v) is 10.8. The Hall–Kier alpha value is -8.46. The van der Waals surface area contributed by atoms with E-state index in [4.69, 9.17) is 0 Å². The highest BCUT2D eigenvalue weighted by atomic mass is 16.4. The average Bonchev–Trinajstić information content (AvgIpc) is 3.62. The van der Waals surface area contributed by atoms with Crippen LogP contribution in [0.2, 0.25) is 0 Å². The SMILES string of the molecule is N#CC(C(=O)O)=C1c2ccc(/C=C/c3ccc(N(c4ccccc4)c4ccccc4)cc3)cc2-c2cc(/C=C/c3ccc(N(c4ccccc4)c4ccccc4)cc3)ccc21. The predicted molar refractivity (Wildman–Crippen MR) is 251 cm³/mol. The highest BCUT2D eigenvalue weighted by Crippen LogP contribution is 2.47. The van der Waals surface area contributed by atoms with Crippen molar-refractivity contribution >= 4 is 70.0 Å². The van der Waals surface area contributed by atoms with Crippen molar-refractivity contribution in [3.63, 3.8) is 0 Å². The first-order chi connectivity index (χ1) is 30.0. The topological polar surface area (TPSA) is 67.6 Å². The van der Waals surface area contributed by atoms with Crippen LogP contribution < -0.4 is 9.80 Å². The van der Waals surface area contributed by atoms with E-state index in [1.807, 2.05) is 103 Å². The van der Waals surface area contributed by atoms with E-state index in [1.54, 1.807) is 0 Å². The van der Waals surface area contributed by atoms with Gasteiger partial charge in [-0.25, -0.2) is 4.79 Å². The van der Waals surface area contributed by atoms with Crippen LogP contribution in [0.15, 0.2) is 212 Å². The van der Waals surface area contributed by atoms with Crippen LogP contribution in [0.5, 0.6) is 0 Å². The summed E-state index contributed by atoms with van der Waals surface area (Å²) in [5, 5.41) is 20.1. The van der Waals surface area contributed by atoms with Crippen LogP contribution in [-0.2, 0) is 4.79 Å².